The van der Waals surface area contributed by atoms with Crippen molar-refractivity contribution < 1.29 is 0 Å². The van der Waals surface area contributed by atoms with E-state index in [-0.39, 0.29) is 0 Å². The zero-order chi connectivity index (χ0) is 11.5. The first kappa shape index (κ1) is 10.0. The average molecular weight is 240 g/mol. The van der Waals surface area contributed by atoms with Crippen LogP contribution in [0.3, 0.4) is 0 Å². The smallest absolute Gasteiger partial charge is 0.168 e. The van der Waals surface area contributed by atoms with Crippen LogP contribution in [0.2, 0.25) is 0 Å². The Morgan fingerprint density at radius 1 is 0.882 bits per heavy atom. The van der Waals surface area contributed by atoms with Gasteiger partial charge >= 0.3 is 0 Å². The van der Waals surface area contributed by atoms with Gasteiger partial charge in [0.2, 0.25) is 0 Å². The van der Waals surface area contributed by atoms with Crippen molar-refractivity contribution in [2.24, 2.45) is 0 Å². The zero-order valence-corrected chi connectivity index (χ0v) is 9.63. The molecule has 1 aromatic carbocycles. The van der Waals surface area contributed by atoms with Crippen LogP contribution in [-0.4, -0.2) is 20.2 Å². The third-order valence-electron chi connectivity index (χ3n) is 2.23. The minimum absolute atomic E-state index is 0.757. The van der Waals surface area contributed by atoms with Crippen molar-refractivity contribution in [1.82, 2.24) is 20.2 Å². The summed E-state index contributed by atoms with van der Waals surface area (Å²) in [6.45, 7) is 0. The second-order valence-corrected chi connectivity index (χ2v) is 4.35. The highest BCUT2D eigenvalue weighted by Gasteiger charge is 2.08. The summed E-state index contributed by atoms with van der Waals surface area (Å²) in [5.41, 5.74) is 1.83. The number of aromatic nitrogens is 4. The lowest BCUT2D eigenvalue weighted by molar-refractivity contribution is 1.08. The van der Waals surface area contributed by atoms with Gasteiger partial charge in [-0.25, -0.2) is 0 Å². The Balaban J connectivity index is 1.99. The maximum atomic E-state index is 4.20. The minimum Gasteiger partial charge on any atom is -0.261 e. The maximum Gasteiger partial charge on any atom is 0.168 e. The molecule has 0 fully saturated rings. The van der Waals surface area contributed by atoms with E-state index >= 15 is 0 Å². The summed E-state index contributed by atoms with van der Waals surface area (Å²) in [6.07, 6.45) is 4.98. The molecule has 0 N–H and O–H groups in total. The third kappa shape index (κ3) is 2.05. The predicted octanol–water partition coefficient (Wildman–Crippen LogP) is 2.66. The predicted molar refractivity (Wildman–Crippen MR) is 66.4 cm³/mol. The Hall–Kier alpha value is -2.14. The molecule has 2 aromatic heterocycles. The maximum absolute atomic E-state index is 4.20. The van der Waals surface area contributed by atoms with Gasteiger partial charge in [-0.3, -0.25) is 9.97 Å². The Morgan fingerprint density at radius 2 is 1.71 bits per heavy atom. The molecule has 0 spiro atoms. The molecule has 82 valence electrons. The van der Waals surface area contributed by atoms with Gasteiger partial charge in [0, 0.05) is 18.0 Å². The number of hydrogen-bond donors (Lipinski definition) is 0. The summed E-state index contributed by atoms with van der Waals surface area (Å²) in [5, 5.41) is 9.98. The molecule has 4 nitrogen and oxygen atoms in total. The van der Waals surface area contributed by atoms with E-state index in [4.69, 9.17) is 0 Å². The molecular weight excluding hydrogens is 232 g/mol. The van der Waals surface area contributed by atoms with Gasteiger partial charge in [0.1, 0.15) is 10.7 Å². The lowest BCUT2D eigenvalue weighted by Gasteiger charge is -1.92. The van der Waals surface area contributed by atoms with E-state index in [1.165, 1.54) is 11.3 Å². The van der Waals surface area contributed by atoms with Crippen molar-refractivity contribution in [2.45, 2.75) is 0 Å². The summed E-state index contributed by atoms with van der Waals surface area (Å²) in [5.74, 6) is 0. The molecule has 0 amide bonds. The second kappa shape index (κ2) is 4.39. The highest BCUT2D eigenvalue weighted by atomic mass is 32.1. The molecule has 0 aliphatic heterocycles. The summed E-state index contributed by atoms with van der Waals surface area (Å²) < 4.78 is 0. The van der Waals surface area contributed by atoms with Crippen LogP contribution in [0.4, 0.5) is 0 Å². The van der Waals surface area contributed by atoms with Crippen LogP contribution in [0, 0.1) is 0 Å². The Morgan fingerprint density at radius 3 is 2.47 bits per heavy atom. The van der Waals surface area contributed by atoms with Gasteiger partial charge in [-0.2, -0.15) is 0 Å². The van der Waals surface area contributed by atoms with Gasteiger partial charge in [0.05, 0.1) is 6.20 Å². The first-order valence-electron chi connectivity index (χ1n) is 5.09. The van der Waals surface area contributed by atoms with Gasteiger partial charge in [-0.1, -0.05) is 41.7 Å². The highest BCUT2D eigenvalue weighted by Crippen LogP contribution is 2.27. The van der Waals surface area contributed by atoms with Crippen LogP contribution in [0.5, 0.6) is 0 Å². The second-order valence-electron chi connectivity index (χ2n) is 3.37. The van der Waals surface area contributed by atoms with Crippen molar-refractivity contribution >= 4 is 11.3 Å². The molecule has 3 rings (SSSR count). The van der Waals surface area contributed by atoms with Crippen molar-refractivity contribution in [3.8, 4) is 21.3 Å². The van der Waals surface area contributed by atoms with E-state index in [0.29, 0.717) is 0 Å². The number of rotatable bonds is 2. The van der Waals surface area contributed by atoms with E-state index in [2.05, 4.69) is 20.2 Å². The molecule has 0 saturated heterocycles. The van der Waals surface area contributed by atoms with E-state index < -0.39 is 0 Å². The Bertz CT molecular complexity index is 553. The van der Waals surface area contributed by atoms with Gasteiger partial charge < -0.3 is 0 Å². The fourth-order valence-corrected chi connectivity index (χ4v) is 2.24. The number of hydrogen-bond acceptors (Lipinski definition) is 5. The quantitative estimate of drug-likeness (QED) is 0.691. The molecule has 0 radical (unpaired) electrons. The minimum atomic E-state index is 0.757. The van der Waals surface area contributed by atoms with E-state index in [1.807, 2.05) is 30.3 Å². The monoisotopic (exact) mass is 240 g/mol. The number of benzene rings is 1. The first-order chi connectivity index (χ1) is 8.43. The lowest BCUT2D eigenvalue weighted by atomic mass is 10.2. The fourth-order valence-electron chi connectivity index (χ4n) is 1.43. The van der Waals surface area contributed by atoms with Gasteiger partial charge in [0.15, 0.2) is 5.01 Å². The first-order valence-corrected chi connectivity index (χ1v) is 5.90. The summed E-state index contributed by atoms with van der Waals surface area (Å²) >= 11 is 1.51. The van der Waals surface area contributed by atoms with E-state index in [1.54, 1.807) is 18.6 Å². The van der Waals surface area contributed by atoms with Crippen molar-refractivity contribution in [1.29, 1.82) is 0 Å². The molecule has 0 unspecified atom stereocenters. The van der Waals surface area contributed by atoms with Crippen LogP contribution in [0.15, 0.2) is 48.9 Å². The van der Waals surface area contributed by atoms with Crippen LogP contribution < -0.4 is 0 Å². The van der Waals surface area contributed by atoms with Crippen LogP contribution in [0.1, 0.15) is 0 Å². The van der Waals surface area contributed by atoms with Crippen molar-refractivity contribution in [3.63, 3.8) is 0 Å². The molecule has 0 saturated carbocycles. The van der Waals surface area contributed by atoms with Gasteiger partial charge in [-0.15, -0.1) is 10.2 Å². The molecule has 17 heavy (non-hydrogen) atoms. The molecule has 3 aromatic rings. The largest absolute Gasteiger partial charge is 0.261 e. The average Bonchev–Trinajstić information content (AvgIpc) is 2.90. The summed E-state index contributed by atoms with van der Waals surface area (Å²) in [6, 6.07) is 9.98. The summed E-state index contributed by atoms with van der Waals surface area (Å²) in [4.78, 5) is 8.22. The molecule has 0 aliphatic carbocycles. The van der Waals surface area contributed by atoms with E-state index in [9.17, 15) is 0 Å². The molecule has 0 aliphatic rings. The molecule has 0 bridgehead atoms. The Labute approximate surface area is 102 Å². The third-order valence-corrected chi connectivity index (χ3v) is 3.22. The zero-order valence-electron chi connectivity index (χ0n) is 8.82. The van der Waals surface area contributed by atoms with Crippen LogP contribution in [0.25, 0.3) is 21.3 Å². The normalized spacial score (nSPS) is 10.4. The van der Waals surface area contributed by atoms with Crippen molar-refractivity contribution in [3.05, 3.63) is 48.9 Å². The molecule has 0 atom stereocenters. The number of nitrogens with zero attached hydrogens (tertiary/aromatic N) is 4. The van der Waals surface area contributed by atoms with Crippen molar-refractivity contribution in [2.75, 3.05) is 0 Å². The fraction of sp³-hybridized carbons (Fsp3) is 0. The van der Waals surface area contributed by atoms with Crippen LogP contribution >= 0.6 is 11.3 Å². The summed E-state index contributed by atoms with van der Waals surface area (Å²) in [7, 11) is 0. The Kier molecular flexibility index (Phi) is 2.59. The van der Waals surface area contributed by atoms with Gasteiger partial charge in [-0.05, 0) is 0 Å². The lowest BCUT2D eigenvalue weighted by Crippen LogP contribution is -1.82. The molecular formula is C12H8N4S. The van der Waals surface area contributed by atoms with E-state index in [0.717, 1.165) is 21.3 Å². The van der Waals surface area contributed by atoms with Gasteiger partial charge in [0.25, 0.3) is 0 Å². The standard InChI is InChI=1S/C12H8N4S/c1-2-4-9(5-3-1)11-15-16-12(17-11)10-8-13-6-7-14-10/h1-8H. The van der Waals surface area contributed by atoms with Crippen LogP contribution in [-0.2, 0) is 0 Å². The molecule has 5 heteroatoms. The highest BCUT2D eigenvalue weighted by molar-refractivity contribution is 7.17. The molecule has 2 heterocycles. The SMILES string of the molecule is c1ccc(-c2nnc(-c3cnccn3)s2)cc1. The topological polar surface area (TPSA) is 51.6 Å².